The third-order valence-corrected chi connectivity index (χ3v) is 5.79. The zero-order chi connectivity index (χ0) is 22.6. The maximum absolute atomic E-state index is 10.7. The molecule has 7 nitrogen and oxygen atoms in total. The van der Waals surface area contributed by atoms with Gasteiger partial charge in [0.15, 0.2) is 0 Å². The Kier molecular flexibility index (Phi) is 5.01. The second kappa shape index (κ2) is 8.22. The monoisotopic (exact) mass is 638 g/mol. The summed E-state index contributed by atoms with van der Waals surface area (Å²) in [7, 11) is 0. The van der Waals surface area contributed by atoms with E-state index in [1.807, 2.05) is 48.5 Å². The number of pyridine rings is 3. The smallest absolute Gasteiger partial charge is 0.221 e. The van der Waals surface area contributed by atoms with Crippen LogP contribution in [0.25, 0.3) is 49.8 Å². The molecule has 7 aromatic rings. The van der Waals surface area contributed by atoms with Gasteiger partial charge < -0.3 is 23.8 Å². The van der Waals surface area contributed by atoms with Gasteiger partial charge in [0.25, 0.3) is 0 Å². The van der Waals surface area contributed by atoms with E-state index in [1.165, 1.54) is 0 Å². The number of phenols is 1. The fourth-order valence-electron chi connectivity index (χ4n) is 4.35. The van der Waals surface area contributed by atoms with Gasteiger partial charge in [-0.1, -0.05) is 35.8 Å². The van der Waals surface area contributed by atoms with Crippen molar-refractivity contribution in [3.05, 3.63) is 91.1 Å². The van der Waals surface area contributed by atoms with Gasteiger partial charge in [-0.15, -0.1) is 12.1 Å². The number of phenolic OH excluding ortho intramolecular Hbond substituents is 1. The number of rotatable bonds is 3. The Morgan fingerprint density at radius 2 is 1.63 bits per heavy atom. The first-order valence-corrected chi connectivity index (χ1v) is 10.7. The van der Waals surface area contributed by atoms with E-state index in [0.717, 1.165) is 16.7 Å². The molecule has 0 aliphatic rings. The summed E-state index contributed by atoms with van der Waals surface area (Å²) >= 11 is 0. The summed E-state index contributed by atoms with van der Waals surface area (Å²) in [5, 5.41) is 12.0. The fraction of sp³-hybridized carbons (Fsp3) is 0. The first-order chi connectivity index (χ1) is 16.8. The summed E-state index contributed by atoms with van der Waals surface area (Å²) in [5.41, 5.74) is 5.05. The molecule has 0 saturated heterocycles. The fourth-order valence-corrected chi connectivity index (χ4v) is 4.35. The van der Waals surface area contributed by atoms with Crippen LogP contribution >= 0.6 is 0 Å². The number of aromatic nitrogens is 4. The van der Waals surface area contributed by atoms with Crippen molar-refractivity contribution in [2.24, 2.45) is 0 Å². The van der Waals surface area contributed by atoms with Crippen LogP contribution in [0.5, 0.6) is 17.5 Å². The quantitative estimate of drug-likeness (QED) is 0.233. The summed E-state index contributed by atoms with van der Waals surface area (Å²) in [5.74, 6) is 0.897. The molecule has 5 heterocycles. The van der Waals surface area contributed by atoms with E-state index < -0.39 is 0 Å². The summed E-state index contributed by atoms with van der Waals surface area (Å²) in [4.78, 5) is 13.6. The van der Waals surface area contributed by atoms with E-state index in [-0.39, 0.29) is 26.8 Å². The number of ether oxygens (including phenoxy) is 1. The predicted octanol–water partition coefficient (Wildman–Crippen LogP) is 6.16. The predicted molar refractivity (Wildman–Crippen MR) is 128 cm³/mol. The van der Waals surface area contributed by atoms with E-state index in [9.17, 15) is 5.11 Å². The number of para-hydroxylation sites is 1. The minimum absolute atomic E-state index is 0. The molecule has 2 aromatic carbocycles. The number of hydrogen-bond donors (Lipinski definition) is 1. The Bertz CT molecular complexity index is 1860. The van der Waals surface area contributed by atoms with Crippen molar-refractivity contribution in [2.45, 2.75) is 0 Å². The van der Waals surface area contributed by atoms with Crippen molar-refractivity contribution in [1.82, 2.24) is 19.5 Å². The molecule has 0 aliphatic heterocycles. The molecule has 0 atom stereocenters. The third kappa shape index (κ3) is 3.35. The van der Waals surface area contributed by atoms with Crippen molar-refractivity contribution in [3.63, 3.8) is 0 Å². The van der Waals surface area contributed by atoms with Crippen LogP contribution in [0.3, 0.4) is 0 Å². The van der Waals surface area contributed by atoms with Crippen LogP contribution in [-0.4, -0.2) is 24.6 Å². The standard InChI is InChI=1S/C27H15N4O3.Pt/c32-20-10-4-9-18-24(20)26-19(31(18)16-6-2-1-3-7-16)11-13-22(30-26)34-23-14-12-21-25(29-23)17-8-5-15-28-27(17)33-21;/h1-7,9-15,32H;/q-1;. The zero-order valence-electron chi connectivity index (χ0n) is 18.0. The molecule has 0 aliphatic carbocycles. The van der Waals surface area contributed by atoms with Crippen molar-refractivity contribution in [3.8, 4) is 23.2 Å². The summed E-state index contributed by atoms with van der Waals surface area (Å²) < 4.78 is 13.8. The van der Waals surface area contributed by atoms with Gasteiger partial charge in [-0.3, -0.25) is 4.98 Å². The van der Waals surface area contributed by atoms with E-state index in [1.54, 1.807) is 36.5 Å². The molecule has 0 unspecified atom stereocenters. The minimum Gasteiger partial charge on any atom is -0.507 e. The van der Waals surface area contributed by atoms with Crippen molar-refractivity contribution in [1.29, 1.82) is 0 Å². The number of nitrogens with zero attached hydrogens (tertiary/aromatic N) is 4. The van der Waals surface area contributed by atoms with Gasteiger partial charge in [0.2, 0.25) is 11.8 Å². The summed E-state index contributed by atoms with van der Waals surface area (Å²) in [6.07, 6.45) is 1.63. The van der Waals surface area contributed by atoms with E-state index in [2.05, 4.69) is 20.6 Å². The van der Waals surface area contributed by atoms with E-state index in [0.29, 0.717) is 44.9 Å². The topological polar surface area (TPSA) is 86.2 Å². The average molecular weight is 639 g/mol. The van der Waals surface area contributed by atoms with Crippen LogP contribution < -0.4 is 4.74 Å². The SMILES string of the molecule is Oc1cccc2c1c1nc(Oc3ccc4oc5ncc[c-]c5c4n3)ccc1n2-c1ccccc1.[Pt]. The van der Waals surface area contributed by atoms with Crippen molar-refractivity contribution in [2.75, 3.05) is 0 Å². The second-order valence-electron chi connectivity index (χ2n) is 7.83. The van der Waals surface area contributed by atoms with Gasteiger partial charge in [0.1, 0.15) is 22.6 Å². The first-order valence-electron chi connectivity index (χ1n) is 10.7. The molecule has 7 rings (SSSR count). The van der Waals surface area contributed by atoms with Gasteiger partial charge in [-0.25, -0.2) is 4.98 Å². The third-order valence-electron chi connectivity index (χ3n) is 5.79. The number of benzene rings is 2. The molecule has 0 bridgehead atoms. The zero-order valence-corrected chi connectivity index (χ0v) is 20.2. The summed E-state index contributed by atoms with van der Waals surface area (Å²) in [6.45, 7) is 0. The second-order valence-corrected chi connectivity index (χ2v) is 7.83. The first kappa shape index (κ1) is 21.3. The molecule has 0 spiro atoms. The molecule has 0 saturated carbocycles. The average Bonchev–Trinajstić information content (AvgIpc) is 3.40. The Balaban J connectivity index is 0.00000229. The van der Waals surface area contributed by atoms with Crippen molar-refractivity contribution < 1.29 is 35.3 Å². The number of furan rings is 1. The number of aromatic hydroxyl groups is 1. The Hall–Kier alpha value is -4.22. The molecule has 172 valence electrons. The van der Waals surface area contributed by atoms with E-state index in [4.69, 9.17) is 14.1 Å². The van der Waals surface area contributed by atoms with Gasteiger partial charge in [0.05, 0.1) is 16.4 Å². The molecular weight excluding hydrogens is 623 g/mol. The molecule has 0 amide bonds. The van der Waals surface area contributed by atoms with Crippen molar-refractivity contribution >= 4 is 44.1 Å². The maximum atomic E-state index is 10.7. The normalized spacial score (nSPS) is 11.3. The largest absolute Gasteiger partial charge is 0.507 e. The Morgan fingerprint density at radius 3 is 2.49 bits per heavy atom. The van der Waals surface area contributed by atoms with Crippen LogP contribution in [0.15, 0.2) is 89.5 Å². The maximum Gasteiger partial charge on any atom is 0.221 e. The summed E-state index contributed by atoms with van der Waals surface area (Å²) in [6, 6.07) is 27.5. The van der Waals surface area contributed by atoms with Crippen LogP contribution in [0, 0.1) is 6.07 Å². The molecular formula is C27H15N4O3Pt-. The van der Waals surface area contributed by atoms with Gasteiger partial charge in [-0.05, 0) is 36.4 Å². The van der Waals surface area contributed by atoms with Gasteiger partial charge in [0, 0.05) is 44.4 Å². The van der Waals surface area contributed by atoms with E-state index >= 15 is 0 Å². The van der Waals surface area contributed by atoms with Crippen LogP contribution in [0.2, 0.25) is 0 Å². The molecule has 8 heteroatoms. The van der Waals surface area contributed by atoms with Gasteiger partial charge >= 0.3 is 0 Å². The minimum atomic E-state index is 0. The van der Waals surface area contributed by atoms with Gasteiger partial charge in [-0.2, -0.15) is 0 Å². The Morgan fingerprint density at radius 1 is 0.829 bits per heavy atom. The molecule has 1 N–H and O–H groups in total. The molecule has 35 heavy (non-hydrogen) atoms. The van der Waals surface area contributed by atoms with Crippen LogP contribution in [-0.2, 0) is 21.1 Å². The number of hydrogen-bond acceptors (Lipinski definition) is 6. The Labute approximate surface area is 212 Å². The molecule has 5 aromatic heterocycles. The van der Waals surface area contributed by atoms with Crippen LogP contribution in [0.1, 0.15) is 0 Å². The molecule has 0 radical (unpaired) electrons. The number of fused-ring (bicyclic) bond motifs is 6. The molecule has 0 fully saturated rings. The van der Waals surface area contributed by atoms with Crippen LogP contribution in [0.4, 0.5) is 0 Å².